The van der Waals surface area contributed by atoms with Gasteiger partial charge in [0.15, 0.2) is 0 Å². The summed E-state index contributed by atoms with van der Waals surface area (Å²) < 4.78 is 21.0. The van der Waals surface area contributed by atoms with Crippen LogP contribution in [0.25, 0.3) is 0 Å². The van der Waals surface area contributed by atoms with Crippen molar-refractivity contribution in [3.63, 3.8) is 0 Å². The van der Waals surface area contributed by atoms with E-state index in [1.54, 1.807) is 0 Å². The molecule has 0 aliphatic carbocycles. The number of nitrogens with one attached hydrogen (secondary N) is 1. The lowest BCUT2D eigenvalue weighted by molar-refractivity contribution is -0.150. The lowest BCUT2D eigenvalue weighted by Crippen LogP contribution is -2.38. The van der Waals surface area contributed by atoms with Gasteiger partial charge in [0.2, 0.25) is 0 Å². The first-order valence-corrected chi connectivity index (χ1v) is 9.31. The summed E-state index contributed by atoms with van der Waals surface area (Å²) in [4.78, 5) is 13.0. The molecule has 0 saturated heterocycles. The third-order valence-corrected chi connectivity index (χ3v) is 4.47. The van der Waals surface area contributed by atoms with E-state index in [0.717, 1.165) is 5.56 Å². The van der Waals surface area contributed by atoms with Crippen molar-refractivity contribution < 1.29 is 13.7 Å². The summed E-state index contributed by atoms with van der Waals surface area (Å²) in [6, 6.07) is 7.06. The SMILES string of the molecule is C=C(C(=O)OC(C)(C)C)[C@H](CC(C)C)N[S@@](=O)c1ccc(C)cc1. The molecule has 24 heavy (non-hydrogen) atoms. The van der Waals surface area contributed by atoms with Crippen LogP contribution in [0, 0.1) is 12.8 Å². The van der Waals surface area contributed by atoms with Crippen molar-refractivity contribution in [2.45, 2.75) is 64.5 Å². The molecule has 0 aromatic heterocycles. The Kier molecular flexibility index (Phi) is 7.36. The molecule has 0 spiro atoms. The van der Waals surface area contributed by atoms with Crippen LogP contribution in [-0.2, 0) is 20.5 Å². The minimum atomic E-state index is -1.42. The molecule has 1 N–H and O–H groups in total. The minimum absolute atomic E-state index is 0.305. The Morgan fingerprint density at radius 1 is 1.25 bits per heavy atom. The van der Waals surface area contributed by atoms with E-state index in [0.29, 0.717) is 22.8 Å². The molecule has 2 atom stereocenters. The van der Waals surface area contributed by atoms with Gasteiger partial charge in [-0.25, -0.2) is 13.7 Å². The maximum Gasteiger partial charge on any atom is 0.335 e. The minimum Gasteiger partial charge on any atom is -0.457 e. The smallest absolute Gasteiger partial charge is 0.335 e. The highest BCUT2D eigenvalue weighted by molar-refractivity contribution is 7.83. The van der Waals surface area contributed by atoms with Gasteiger partial charge in [0, 0.05) is 5.57 Å². The fourth-order valence-electron chi connectivity index (χ4n) is 2.08. The average molecular weight is 352 g/mol. The van der Waals surface area contributed by atoms with E-state index in [2.05, 4.69) is 11.3 Å². The molecule has 0 aliphatic heterocycles. The first-order chi connectivity index (χ1) is 11.0. The monoisotopic (exact) mass is 351 g/mol. The van der Waals surface area contributed by atoms with E-state index in [-0.39, 0.29) is 0 Å². The zero-order valence-electron chi connectivity index (χ0n) is 15.5. The van der Waals surface area contributed by atoms with E-state index in [9.17, 15) is 9.00 Å². The molecule has 134 valence electrons. The van der Waals surface area contributed by atoms with Gasteiger partial charge in [0.25, 0.3) is 0 Å². The fraction of sp³-hybridized carbons (Fsp3) is 0.526. The molecule has 0 bridgehead atoms. The van der Waals surface area contributed by atoms with E-state index >= 15 is 0 Å². The quantitative estimate of drug-likeness (QED) is 0.598. The third-order valence-electron chi connectivity index (χ3n) is 3.27. The van der Waals surface area contributed by atoms with Crippen LogP contribution in [0.5, 0.6) is 0 Å². The molecule has 1 rings (SSSR count). The lowest BCUT2D eigenvalue weighted by Gasteiger charge is -2.25. The van der Waals surface area contributed by atoms with Crippen molar-refractivity contribution in [3.05, 3.63) is 42.0 Å². The summed E-state index contributed by atoms with van der Waals surface area (Å²) in [5, 5.41) is 0. The Morgan fingerprint density at radius 3 is 2.25 bits per heavy atom. The number of benzene rings is 1. The van der Waals surface area contributed by atoms with E-state index in [4.69, 9.17) is 4.74 Å². The number of aryl methyl sites for hydroxylation is 1. The zero-order chi connectivity index (χ0) is 18.5. The molecule has 0 aliphatic rings. The molecule has 4 nitrogen and oxygen atoms in total. The number of rotatable bonds is 7. The molecule has 1 aromatic rings. The van der Waals surface area contributed by atoms with Crippen LogP contribution in [0.4, 0.5) is 0 Å². The highest BCUT2D eigenvalue weighted by Crippen LogP contribution is 2.18. The molecule has 0 saturated carbocycles. The molecular weight excluding hydrogens is 322 g/mol. The first kappa shape index (κ1) is 20.6. The van der Waals surface area contributed by atoms with Crippen molar-refractivity contribution in [2.24, 2.45) is 5.92 Å². The Hall–Kier alpha value is -1.46. The Morgan fingerprint density at radius 2 is 1.79 bits per heavy atom. The number of esters is 1. The second-order valence-electron chi connectivity index (χ2n) is 7.41. The largest absolute Gasteiger partial charge is 0.457 e. The Balaban J connectivity index is 2.88. The maximum absolute atomic E-state index is 12.6. The molecule has 0 amide bonds. The lowest BCUT2D eigenvalue weighted by atomic mass is 9.99. The maximum atomic E-state index is 12.6. The van der Waals surface area contributed by atoms with Gasteiger partial charge in [0.05, 0.1) is 10.9 Å². The number of carbonyl (C=O) groups is 1. The van der Waals surface area contributed by atoms with E-state index < -0.39 is 28.6 Å². The van der Waals surface area contributed by atoms with Gasteiger partial charge in [-0.3, -0.25) is 0 Å². The molecule has 0 radical (unpaired) electrons. The van der Waals surface area contributed by atoms with E-state index in [1.807, 2.05) is 65.8 Å². The summed E-state index contributed by atoms with van der Waals surface area (Å²) in [5.74, 6) is -0.140. The predicted octanol–water partition coefficient (Wildman–Crippen LogP) is 3.92. The summed E-state index contributed by atoms with van der Waals surface area (Å²) >= 11 is 0. The standard InChI is InChI=1S/C19H29NO3S/c1-13(2)12-17(15(4)18(21)23-19(5,6)7)20-24(22)16-10-8-14(3)9-11-16/h8-11,13,17,20H,4,12H2,1-3,5-7H3/t17-,24-/m0/s1. The molecule has 1 aromatic carbocycles. The fourth-order valence-corrected chi connectivity index (χ4v) is 3.09. The summed E-state index contributed by atoms with van der Waals surface area (Å²) in [5.41, 5.74) is 0.824. The van der Waals surface area contributed by atoms with Crippen LogP contribution in [0.15, 0.2) is 41.3 Å². The Bertz CT molecular complexity index is 600. The van der Waals surface area contributed by atoms with Gasteiger partial charge < -0.3 is 4.74 Å². The highest BCUT2D eigenvalue weighted by Gasteiger charge is 2.26. The van der Waals surface area contributed by atoms with Gasteiger partial charge in [0.1, 0.15) is 16.6 Å². The van der Waals surface area contributed by atoms with Gasteiger partial charge >= 0.3 is 5.97 Å². The topological polar surface area (TPSA) is 55.4 Å². The second-order valence-corrected chi connectivity index (χ2v) is 8.65. The number of hydrogen-bond donors (Lipinski definition) is 1. The molecule has 0 fully saturated rings. The van der Waals surface area contributed by atoms with Crippen LogP contribution in [0.1, 0.15) is 46.6 Å². The van der Waals surface area contributed by atoms with Gasteiger partial charge in [-0.1, -0.05) is 38.1 Å². The summed E-state index contributed by atoms with van der Waals surface area (Å²) in [7, 11) is -1.42. The normalized spacial score (nSPS) is 14.3. The number of ether oxygens (including phenoxy) is 1. The number of hydrogen-bond acceptors (Lipinski definition) is 3. The van der Waals surface area contributed by atoms with Crippen LogP contribution < -0.4 is 4.72 Å². The summed E-state index contributed by atoms with van der Waals surface area (Å²) in [6.07, 6.45) is 0.648. The first-order valence-electron chi connectivity index (χ1n) is 8.16. The molecular formula is C19H29NO3S. The van der Waals surface area contributed by atoms with Crippen LogP contribution in [0.3, 0.4) is 0 Å². The van der Waals surface area contributed by atoms with Crippen molar-refractivity contribution in [3.8, 4) is 0 Å². The average Bonchev–Trinajstić information content (AvgIpc) is 2.44. The van der Waals surface area contributed by atoms with Gasteiger partial charge in [-0.15, -0.1) is 0 Å². The predicted molar refractivity (Wildman–Crippen MR) is 99.0 cm³/mol. The van der Waals surface area contributed by atoms with Crippen molar-refractivity contribution in [1.82, 2.24) is 4.72 Å². The van der Waals surface area contributed by atoms with Crippen molar-refractivity contribution in [1.29, 1.82) is 0 Å². The van der Waals surface area contributed by atoms with Gasteiger partial charge in [-0.05, 0) is 52.2 Å². The molecule has 0 unspecified atom stereocenters. The highest BCUT2D eigenvalue weighted by atomic mass is 32.2. The summed E-state index contributed by atoms with van der Waals surface area (Å²) in [6.45, 7) is 15.4. The Labute approximate surface area is 148 Å². The zero-order valence-corrected chi connectivity index (χ0v) is 16.3. The van der Waals surface area contributed by atoms with Crippen LogP contribution >= 0.6 is 0 Å². The van der Waals surface area contributed by atoms with Crippen molar-refractivity contribution >= 4 is 17.0 Å². The van der Waals surface area contributed by atoms with E-state index in [1.165, 1.54) is 0 Å². The molecule has 0 heterocycles. The van der Waals surface area contributed by atoms with Crippen LogP contribution in [-0.4, -0.2) is 21.8 Å². The third kappa shape index (κ3) is 6.97. The molecule has 5 heteroatoms. The van der Waals surface area contributed by atoms with Gasteiger partial charge in [-0.2, -0.15) is 0 Å². The second kappa shape index (κ2) is 8.58. The van der Waals surface area contributed by atoms with Crippen LogP contribution in [0.2, 0.25) is 0 Å². The number of carbonyl (C=O) groups excluding carboxylic acids is 1. The van der Waals surface area contributed by atoms with Crippen molar-refractivity contribution in [2.75, 3.05) is 0 Å².